The van der Waals surface area contributed by atoms with Gasteiger partial charge in [-0.15, -0.1) is 10.2 Å². The highest BCUT2D eigenvalue weighted by atomic mass is 19.1. The predicted molar refractivity (Wildman–Crippen MR) is 82.5 cm³/mol. The van der Waals surface area contributed by atoms with Gasteiger partial charge < -0.3 is 9.15 Å². The van der Waals surface area contributed by atoms with Gasteiger partial charge in [-0.3, -0.25) is 4.98 Å². The third-order valence-electron chi connectivity index (χ3n) is 3.30. The van der Waals surface area contributed by atoms with E-state index in [9.17, 15) is 8.78 Å². The second-order valence-electron chi connectivity index (χ2n) is 5.12. The minimum atomic E-state index is -1.35. The van der Waals surface area contributed by atoms with E-state index >= 15 is 0 Å². The van der Waals surface area contributed by atoms with Gasteiger partial charge in [0.15, 0.2) is 17.7 Å². The van der Waals surface area contributed by atoms with E-state index in [1.807, 2.05) is 6.07 Å². The maximum Gasteiger partial charge on any atom is 0.250 e. The van der Waals surface area contributed by atoms with Gasteiger partial charge in [-0.25, -0.2) is 8.78 Å². The predicted octanol–water partition coefficient (Wildman–Crippen LogP) is 3.75. The molecule has 0 fully saturated rings. The van der Waals surface area contributed by atoms with E-state index < -0.39 is 12.0 Å². The Labute approximate surface area is 141 Å². The van der Waals surface area contributed by atoms with Gasteiger partial charge in [0.25, 0.3) is 5.89 Å². The van der Waals surface area contributed by atoms with Crippen LogP contribution in [0.3, 0.4) is 0 Å². The van der Waals surface area contributed by atoms with E-state index in [-0.39, 0.29) is 29.7 Å². The molecule has 0 N–H and O–H groups in total. The Hall–Kier alpha value is -3.34. The van der Waals surface area contributed by atoms with Crippen LogP contribution in [-0.2, 0) is 6.61 Å². The first-order chi connectivity index (χ1) is 12.1. The zero-order chi connectivity index (χ0) is 17.8. The molecule has 0 aliphatic rings. The number of aromatic nitrogens is 3. The minimum absolute atomic E-state index is 0.0213. The van der Waals surface area contributed by atoms with Gasteiger partial charge in [0.1, 0.15) is 12.7 Å². The first-order valence-electron chi connectivity index (χ1n) is 7.32. The van der Waals surface area contributed by atoms with E-state index in [1.165, 1.54) is 31.3 Å². The highest BCUT2D eigenvalue weighted by molar-refractivity contribution is 5.50. The number of para-hydroxylation sites is 1. The van der Waals surface area contributed by atoms with Crippen LogP contribution in [0.15, 0.2) is 40.9 Å². The lowest BCUT2D eigenvalue weighted by Crippen LogP contribution is -2.01. The summed E-state index contributed by atoms with van der Waals surface area (Å²) in [5.41, 5.74) is 1.14. The van der Waals surface area contributed by atoms with Gasteiger partial charge in [-0.05, 0) is 31.2 Å². The molecule has 3 aromatic rings. The molecule has 1 unspecified atom stereocenters. The van der Waals surface area contributed by atoms with Gasteiger partial charge in [-0.1, -0.05) is 6.07 Å². The largest absolute Gasteiger partial charge is 0.483 e. The van der Waals surface area contributed by atoms with Crippen molar-refractivity contribution in [2.45, 2.75) is 19.7 Å². The summed E-state index contributed by atoms with van der Waals surface area (Å²) >= 11 is 0. The summed E-state index contributed by atoms with van der Waals surface area (Å²) in [6.07, 6.45) is 0.114. The fourth-order valence-corrected chi connectivity index (χ4v) is 2.04. The molecule has 2 aromatic heterocycles. The quantitative estimate of drug-likeness (QED) is 0.702. The van der Waals surface area contributed by atoms with Crippen LogP contribution in [0.4, 0.5) is 8.78 Å². The van der Waals surface area contributed by atoms with Crippen LogP contribution in [0.1, 0.15) is 30.2 Å². The van der Waals surface area contributed by atoms with Crippen molar-refractivity contribution in [1.29, 1.82) is 5.26 Å². The van der Waals surface area contributed by atoms with Crippen molar-refractivity contribution in [2.24, 2.45) is 0 Å². The number of hydrogen-bond donors (Lipinski definition) is 0. The average Bonchev–Trinajstić information content (AvgIpc) is 3.11. The van der Waals surface area contributed by atoms with E-state index in [4.69, 9.17) is 14.4 Å². The van der Waals surface area contributed by atoms with Crippen LogP contribution in [0.25, 0.3) is 11.5 Å². The monoisotopic (exact) mass is 342 g/mol. The number of nitriles is 1. The number of alkyl halides is 1. The van der Waals surface area contributed by atoms with Gasteiger partial charge in [-0.2, -0.15) is 5.26 Å². The lowest BCUT2D eigenvalue weighted by atomic mass is 10.2. The molecule has 0 radical (unpaired) electrons. The molecule has 0 bridgehead atoms. The van der Waals surface area contributed by atoms with Crippen LogP contribution >= 0.6 is 0 Å². The molecule has 1 atom stereocenters. The summed E-state index contributed by atoms with van der Waals surface area (Å²) in [6, 6.07) is 9.27. The highest BCUT2D eigenvalue weighted by Gasteiger charge is 2.14. The van der Waals surface area contributed by atoms with E-state index in [1.54, 1.807) is 12.1 Å². The van der Waals surface area contributed by atoms with Gasteiger partial charge in [0, 0.05) is 6.20 Å². The maximum absolute atomic E-state index is 13.7. The zero-order valence-electron chi connectivity index (χ0n) is 13.1. The molecule has 3 rings (SSSR count). The van der Waals surface area contributed by atoms with E-state index in [0.29, 0.717) is 11.3 Å². The van der Waals surface area contributed by atoms with Crippen LogP contribution < -0.4 is 4.74 Å². The van der Waals surface area contributed by atoms with Gasteiger partial charge in [0.2, 0.25) is 5.89 Å². The summed E-state index contributed by atoms with van der Waals surface area (Å²) in [6.45, 7) is 1.28. The first kappa shape index (κ1) is 16.5. The number of pyridine rings is 1. The molecule has 126 valence electrons. The van der Waals surface area contributed by atoms with E-state index in [0.717, 1.165) is 0 Å². The molecule has 0 saturated heterocycles. The fourth-order valence-electron chi connectivity index (χ4n) is 2.04. The second-order valence-corrected chi connectivity index (χ2v) is 5.12. The molecule has 0 spiro atoms. The third-order valence-corrected chi connectivity index (χ3v) is 3.30. The smallest absolute Gasteiger partial charge is 0.250 e. The average molecular weight is 342 g/mol. The molecule has 6 nitrogen and oxygen atoms in total. The SMILES string of the molecule is CC(F)c1nnc(-c2ccc(COc3c(F)cccc3C#N)nc2)o1. The summed E-state index contributed by atoms with van der Waals surface area (Å²) in [5.74, 6) is -0.685. The minimum Gasteiger partial charge on any atom is -0.483 e. The number of halogens is 2. The summed E-state index contributed by atoms with van der Waals surface area (Å²) in [7, 11) is 0. The maximum atomic E-state index is 13.7. The van der Waals surface area contributed by atoms with Crippen LogP contribution in [0, 0.1) is 17.1 Å². The Bertz CT molecular complexity index is 917. The molecular formula is C17H12F2N4O2. The highest BCUT2D eigenvalue weighted by Crippen LogP contribution is 2.24. The van der Waals surface area contributed by atoms with Gasteiger partial charge in [0.05, 0.1) is 16.8 Å². The summed E-state index contributed by atoms with van der Waals surface area (Å²) in [4.78, 5) is 4.16. The number of hydrogen-bond acceptors (Lipinski definition) is 6. The molecular weight excluding hydrogens is 330 g/mol. The van der Waals surface area contributed by atoms with Crippen molar-refractivity contribution < 1.29 is 17.9 Å². The van der Waals surface area contributed by atoms with Crippen molar-refractivity contribution >= 4 is 0 Å². The van der Waals surface area contributed by atoms with Crippen LogP contribution in [0.5, 0.6) is 5.75 Å². The molecule has 0 amide bonds. The number of ether oxygens (including phenoxy) is 1. The fraction of sp³-hybridized carbons (Fsp3) is 0.176. The molecule has 25 heavy (non-hydrogen) atoms. The Morgan fingerprint density at radius 1 is 1.28 bits per heavy atom. The lowest BCUT2D eigenvalue weighted by molar-refractivity contribution is 0.285. The van der Waals surface area contributed by atoms with Crippen LogP contribution in [-0.4, -0.2) is 15.2 Å². The number of benzene rings is 1. The first-order valence-corrected chi connectivity index (χ1v) is 7.32. The van der Waals surface area contributed by atoms with Crippen molar-refractivity contribution in [2.75, 3.05) is 0 Å². The van der Waals surface area contributed by atoms with Gasteiger partial charge >= 0.3 is 0 Å². The molecule has 1 aromatic carbocycles. The van der Waals surface area contributed by atoms with Crippen molar-refractivity contribution in [3.05, 3.63) is 59.5 Å². The Morgan fingerprint density at radius 3 is 2.76 bits per heavy atom. The van der Waals surface area contributed by atoms with Crippen molar-refractivity contribution in [1.82, 2.24) is 15.2 Å². The van der Waals surface area contributed by atoms with Crippen molar-refractivity contribution in [3.63, 3.8) is 0 Å². The Morgan fingerprint density at radius 2 is 2.12 bits per heavy atom. The lowest BCUT2D eigenvalue weighted by Gasteiger charge is -2.08. The third kappa shape index (κ3) is 3.61. The molecule has 0 aliphatic carbocycles. The van der Waals surface area contributed by atoms with E-state index in [2.05, 4.69) is 15.2 Å². The normalized spacial score (nSPS) is 11.8. The second kappa shape index (κ2) is 7.05. The van der Waals surface area contributed by atoms with Crippen molar-refractivity contribution in [3.8, 4) is 23.3 Å². The molecule has 0 aliphatic heterocycles. The molecule has 2 heterocycles. The van der Waals surface area contributed by atoms with Crippen LogP contribution in [0.2, 0.25) is 0 Å². The summed E-state index contributed by atoms with van der Waals surface area (Å²) in [5, 5.41) is 16.3. The molecule has 0 saturated carbocycles. The zero-order valence-corrected chi connectivity index (χ0v) is 13.1. The number of rotatable bonds is 5. The molecule has 8 heteroatoms. The standard InChI is InChI=1S/C17H12F2N4O2/c1-10(18)16-22-23-17(25-16)12-5-6-13(21-8-12)9-24-15-11(7-20)3-2-4-14(15)19/h2-6,8,10H,9H2,1H3. The Balaban J connectivity index is 1.72. The Kier molecular flexibility index (Phi) is 4.66. The number of nitrogens with zero attached hydrogens (tertiary/aromatic N) is 4. The topological polar surface area (TPSA) is 84.8 Å². The summed E-state index contributed by atoms with van der Waals surface area (Å²) < 4.78 is 37.4.